The third kappa shape index (κ3) is 2.62. The third-order valence-corrected chi connectivity index (χ3v) is 2.69. The maximum atomic E-state index is 3.95. The number of hydrogen-bond donors (Lipinski definition) is 1. The van der Waals surface area contributed by atoms with Crippen LogP contribution in [0.2, 0.25) is 0 Å². The van der Waals surface area contributed by atoms with E-state index in [4.69, 9.17) is 0 Å². The van der Waals surface area contributed by atoms with Crippen molar-refractivity contribution in [1.82, 2.24) is 20.6 Å². The molecule has 15 heavy (non-hydrogen) atoms. The van der Waals surface area contributed by atoms with Crippen molar-refractivity contribution in [1.29, 1.82) is 0 Å². The lowest BCUT2D eigenvalue weighted by Crippen LogP contribution is -1.88. The SMILES string of the molecule is BrCCCc1cccc(-c2nn[nH]n2)c1. The van der Waals surface area contributed by atoms with Crippen molar-refractivity contribution in [3.05, 3.63) is 29.8 Å². The fourth-order valence-electron chi connectivity index (χ4n) is 1.42. The van der Waals surface area contributed by atoms with E-state index in [1.165, 1.54) is 5.56 Å². The van der Waals surface area contributed by atoms with Gasteiger partial charge >= 0.3 is 0 Å². The van der Waals surface area contributed by atoms with Crippen molar-refractivity contribution in [3.8, 4) is 11.4 Å². The smallest absolute Gasteiger partial charge is 0.177 e. The zero-order chi connectivity index (χ0) is 10.5. The predicted molar refractivity (Wildman–Crippen MR) is 61.7 cm³/mol. The molecule has 4 nitrogen and oxygen atoms in total. The molecule has 0 saturated carbocycles. The molecule has 0 aliphatic heterocycles. The van der Waals surface area contributed by atoms with Crippen LogP contribution in [-0.4, -0.2) is 26.0 Å². The van der Waals surface area contributed by atoms with E-state index in [2.05, 4.69) is 48.7 Å². The Balaban J connectivity index is 2.19. The molecule has 0 aliphatic rings. The Morgan fingerprint density at radius 2 is 2.27 bits per heavy atom. The zero-order valence-electron chi connectivity index (χ0n) is 8.15. The lowest BCUT2D eigenvalue weighted by atomic mass is 10.1. The lowest BCUT2D eigenvalue weighted by Gasteiger charge is -2.00. The van der Waals surface area contributed by atoms with Gasteiger partial charge < -0.3 is 0 Å². The Labute approximate surface area is 96.2 Å². The number of aromatic nitrogens is 4. The van der Waals surface area contributed by atoms with Crippen LogP contribution in [0.25, 0.3) is 11.4 Å². The number of hydrogen-bond acceptors (Lipinski definition) is 3. The molecule has 0 fully saturated rings. The normalized spacial score (nSPS) is 10.5. The lowest BCUT2D eigenvalue weighted by molar-refractivity contribution is 0.881. The van der Waals surface area contributed by atoms with Crippen LogP contribution in [0.15, 0.2) is 24.3 Å². The number of aryl methyl sites for hydroxylation is 1. The Kier molecular flexibility index (Phi) is 3.45. The second kappa shape index (κ2) is 5.02. The first-order valence-corrected chi connectivity index (χ1v) is 5.91. The van der Waals surface area contributed by atoms with E-state index in [-0.39, 0.29) is 0 Å². The summed E-state index contributed by atoms with van der Waals surface area (Å²) < 4.78 is 0. The molecule has 1 N–H and O–H groups in total. The van der Waals surface area contributed by atoms with Gasteiger partial charge in [-0.15, -0.1) is 10.2 Å². The number of rotatable bonds is 4. The standard InChI is InChI=1S/C10H11BrN4/c11-6-2-4-8-3-1-5-9(7-8)10-12-14-15-13-10/h1,3,5,7H,2,4,6H2,(H,12,13,14,15). The molecule has 2 aromatic rings. The molecule has 1 aromatic carbocycles. The van der Waals surface area contributed by atoms with Crippen molar-refractivity contribution < 1.29 is 0 Å². The number of tetrazole rings is 1. The van der Waals surface area contributed by atoms with Crippen LogP contribution in [0.5, 0.6) is 0 Å². The molecule has 2 rings (SSSR count). The van der Waals surface area contributed by atoms with Gasteiger partial charge in [0.1, 0.15) is 0 Å². The van der Waals surface area contributed by atoms with E-state index >= 15 is 0 Å². The van der Waals surface area contributed by atoms with Gasteiger partial charge in [-0.05, 0) is 29.7 Å². The second-order valence-corrected chi connectivity index (χ2v) is 4.02. The number of alkyl halides is 1. The molecule has 5 heteroatoms. The number of halogens is 1. The Bertz CT molecular complexity index is 413. The molecular weight excluding hydrogens is 256 g/mol. The van der Waals surface area contributed by atoms with Crippen LogP contribution in [-0.2, 0) is 6.42 Å². The number of nitrogens with zero attached hydrogens (tertiary/aromatic N) is 3. The van der Waals surface area contributed by atoms with Crippen molar-refractivity contribution in [2.75, 3.05) is 5.33 Å². The number of nitrogens with one attached hydrogen (secondary N) is 1. The predicted octanol–water partition coefficient (Wildman–Crippen LogP) is 2.19. The van der Waals surface area contributed by atoms with E-state index in [9.17, 15) is 0 Å². The second-order valence-electron chi connectivity index (χ2n) is 3.23. The third-order valence-electron chi connectivity index (χ3n) is 2.13. The molecule has 78 valence electrons. The van der Waals surface area contributed by atoms with E-state index in [0.717, 1.165) is 23.7 Å². The zero-order valence-corrected chi connectivity index (χ0v) is 9.74. The summed E-state index contributed by atoms with van der Waals surface area (Å²) in [5.41, 5.74) is 2.31. The van der Waals surface area contributed by atoms with Crippen LogP contribution >= 0.6 is 15.9 Å². The van der Waals surface area contributed by atoms with Crippen molar-refractivity contribution >= 4 is 15.9 Å². The number of benzene rings is 1. The molecule has 0 amide bonds. The monoisotopic (exact) mass is 266 g/mol. The Hall–Kier alpha value is -1.23. The maximum absolute atomic E-state index is 3.95. The first kappa shape index (κ1) is 10.3. The molecule has 1 heterocycles. The van der Waals surface area contributed by atoms with Crippen molar-refractivity contribution in [2.24, 2.45) is 0 Å². The highest BCUT2D eigenvalue weighted by atomic mass is 79.9. The van der Waals surface area contributed by atoms with Crippen molar-refractivity contribution in [2.45, 2.75) is 12.8 Å². The highest BCUT2D eigenvalue weighted by molar-refractivity contribution is 9.09. The molecule has 0 aliphatic carbocycles. The quantitative estimate of drug-likeness (QED) is 0.864. The fourth-order valence-corrected chi connectivity index (χ4v) is 1.70. The van der Waals surface area contributed by atoms with E-state index in [0.29, 0.717) is 5.82 Å². The summed E-state index contributed by atoms with van der Waals surface area (Å²) in [6, 6.07) is 8.23. The fraction of sp³-hybridized carbons (Fsp3) is 0.300. The van der Waals surface area contributed by atoms with Gasteiger partial charge in [0.2, 0.25) is 5.82 Å². The summed E-state index contributed by atoms with van der Waals surface area (Å²) in [6.07, 6.45) is 2.20. The Morgan fingerprint density at radius 3 is 3.00 bits per heavy atom. The Morgan fingerprint density at radius 1 is 1.33 bits per heavy atom. The van der Waals surface area contributed by atoms with Crippen LogP contribution in [0, 0.1) is 0 Å². The minimum Gasteiger partial charge on any atom is -0.177 e. The summed E-state index contributed by atoms with van der Waals surface area (Å²) in [6.45, 7) is 0. The average Bonchev–Trinajstić information content (AvgIpc) is 2.80. The van der Waals surface area contributed by atoms with Gasteiger partial charge in [-0.2, -0.15) is 5.21 Å². The molecular formula is C10H11BrN4. The summed E-state index contributed by atoms with van der Waals surface area (Å²) in [4.78, 5) is 0. The van der Waals surface area contributed by atoms with Gasteiger partial charge in [-0.3, -0.25) is 0 Å². The van der Waals surface area contributed by atoms with Crippen molar-refractivity contribution in [3.63, 3.8) is 0 Å². The number of H-pyrrole nitrogens is 1. The largest absolute Gasteiger partial charge is 0.204 e. The summed E-state index contributed by atoms with van der Waals surface area (Å²) in [5, 5.41) is 14.9. The van der Waals surface area contributed by atoms with Gasteiger partial charge in [0, 0.05) is 10.9 Å². The first-order valence-electron chi connectivity index (χ1n) is 4.79. The minimum absolute atomic E-state index is 0.649. The van der Waals surface area contributed by atoms with Gasteiger partial charge in [-0.25, -0.2) is 0 Å². The molecule has 0 spiro atoms. The van der Waals surface area contributed by atoms with Crippen LogP contribution in [0.4, 0.5) is 0 Å². The highest BCUT2D eigenvalue weighted by Gasteiger charge is 2.02. The van der Waals surface area contributed by atoms with Gasteiger partial charge in [-0.1, -0.05) is 34.1 Å². The maximum Gasteiger partial charge on any atom is 0.204 e. The topological polar surface area (TPSA) is 54.5 Å². The van der Waals surface area contributed by atoms with E-state index in [1.807, 2.05) is 12.1 Å². The summed E-state index contributed by atoms with van der Waals surface area (Å²) >= 11 is 3.42. The highest BCUT2D eigenvalue weighted by Crippen LogP contribution is 2.16. The van der Waals surface area contributed by atoms with Gasteiger partial charge in [0.15, 0.2) is 0 Å². The summed E-state index contributed by atoms with van der Waals surface area (Å²) in [5.74, 6) is 0.649. The molecule has 0 bridgehead atoms. The van der Waals surface area contributed by atoms with Gasteiger partial charge in [0.25, 0.3) is 0 Å². The molecule has 1 aromatic heterocycles. The molecule has 0 atom stereocenters. The molecule has 0 unspecified atom stereocenters. The van der Waals surface area contributed by atoms with E-state index < -0.39 is 0 Å². The van der Waals surface area contributed by atoms with E-state index in [1.54, 1.807) is 0 Å². The molecule has 0 radical (unpaired) electrons. The van der Waals surface area contributed by atoms with Crippen LogP contribution < -0.4 is 0 Å². The summed E-state index contributed by atoms with van der Waals surface area (Å²) in [7, 11) is 0. The minimum atomic E-state index is 0.649. The molecule has 0 saturated heterocycles. The average molecular weight is 267 g/mol. The van der Waals surface area contributed by atoms with Crippen LogP contribution in [0.3, 0.4) is 0 Å². The van der Waals surface area contributed by atoms with Gasteiger partial charge in [0.05, 0.1) is 0 Å². The number of aromatic amines is 1. The first-order chi connectivity index (χ1) is 7.40. The van der Waals surface area contributed by atoms with Crippen LogP contribution in [0.1, 0.15) is 12.0 Å².